The Morgan fingerprint density at radius 2 is 1.82 bits per heavy atom. The van der Waals surface area contributed by atoms with Gasteiger partial charge in [0.1, 0.15) is 16.5 Å². The van der Waals surface area contributed by atoms with Crippen LogP contribution in [0.5, 0.6) is 5.75 Å². The van der Waals surface area contributed by atoms with Crippen molar-refractivity contribution in [2.45, 2.75) is 24.3 Å². The van der Waals surface area contributed by atoms with E-state index in [4.69, 9.17) is 4.74 Å². The standard InChI is InChI=1S/C23H31N5O4S/c1-26-12-14-27(15-13-26)22-19(6-5-9-24-22)17-25-23(29)18-7-8-20(32-2)21(16-18)33(30,31)28-10-3-4-11-28/h5-9,16H,3-4,10-15,17H2,1-2H3,(H,25,29). The van der Waals surface area contributed by atoms with E-state index in [-0.39, 0.29) is 22.1 Å². The van der Waals surface area contributed by atoms with Crippen LogP contribution in [0, 0.1) is 0 Å². The second kappa shape index (κ2) is 10.1. The molecule has 0 aliphatic carbocycles. The third-order valence-corrected chi connectivity index (χ3v) is 8.14. The molecule has 0 bridgehead atoms. The zero-order chi connectivity index (χ0) is 23.4. The fourth-order valence-electron chi connectivity index (χ4n) is 4.24. The number of sulfonamides is 1. The predicted molar refractivity (Wildman–Crippen MR) is 126 cm³/mol. The highest BCUT2D eigenvalue weighted by atomic mass is 32.2. The van der Waals surface area contributed by atoms with Gasteiger partial charge in [-0.3, -0.25) is 4.79 Å². The Hall–Kier alpha value is -2.69. The van der Waals surface area contributed by atoms with E-state index in [1.54, 1.807) is 12.3 Å². The number of benzene rings is 1. The largest absolute Gasteiger partial charge is 0.495 e. The van der Waals surface area contributed by atoms with Gasteiger partial charge in [0.25, 0.3) is 5.91 Å². The number of carbonyl (C=O) groups is 1. The molecular weight excluding hydrogens is 442 g/mol. The molecule has 2 aromatic rings. The molecule has 2 aliphatic rings. The molecule has 1 aromatic heterocycles. The lowest BCUT2D eigenvalue weighted by atomic mass is 10.2. The lowest BCUT2D eigenvalue weighted by molar-refractivity contribution is 0.0950. The lowest BCUT2D eigenvalue weighted by Gasteiger charge is -2.34. The number of ether oxygens (including phenoxy) is 1. The molecule has 2 aliphatic heterocycles. The van der Waals surface area contributed by atoms with Crippen LogP contribution in [0.3, 0.4) is 0 Å². The highest BCUT2D eigenvalue weighted by Gasteiger charge is 2.30. The molecule has 9 nitrogen and oxygen atoms in total. The topological polar surface area (TPSA) is 95.1 Å². The summed E-state index contributed by atoms with van der Waals surface area (Å²) >= 11 is 0. The zero-order valence-electron chi connectivity index (χ0n) is 19.2. The lowest BCUT2D eigenvalue weighted by Crippen LogP contribution is -2.45. The quantitative estimate of drug-likeness (QED) is 0.652. The number of pyridine rings is 1. The molecule has 1 aromatic carbocycles. The Morgan fingerprint density at radius 3 is 2.52 bits per heavy atom. The van der Waals surface area contributed by atoms with Gasteiger partial charge in [0, 0.05) is 63.1 Å². The molecular formula is C23H31N5O4S. The molecule has 2 fully saturated rings. The number of methoxy groups -OCH3 is 1. The molecule has 0 radical (unpaired) electrons. The van der Waals surface area contributed by atoms with Crippen LogP contribution < -0.4 is 15.0 Å². The van der Waals surface area contributed by atoms with Crippen LogP contribution in [0.1, 0.15) is 28.8 Å². The minimum Gasteiger partial charge on any atom is -0.495 e. The molecule has 0 atom stereocenters. The Bertz CT molecular complexity index is 1090. The van der Waals surface area contributed by atoms with Crippen molar-refractivity contribution in [3.05, 3.63) is 47.7 Å². The smallest absolute Gasteiger partial charge is 0.251 e. The highest BCUT2D eigenvalue weighted by molar-refractivity contribution is 7.89. The summed E-state index contributed by atoms with van der Waals surface area (Å²) in [5.74, 6) is 0.768. The summed E-state index contributed by atoms with van der Waals surface area (Å²) < 4.78 is 33.0. The van der Waals surface area contributed by atoms with Gasteiger partial charge in [-0.2, -0.15) is 4.31 Å². The van der Waals surface area contributed by atoms with Crippen molar-refractivity contribution < 1.29 is 17.9 Å². The van der Waals surface area contributed by atoms with E-state index in [1.165, 1.54) is 23.5 Å². The minimum atomic E-state index is -3.72. The summed E-state index contributed by atoms with van der Waals surface area (Å²) in [5, 5.41) is 2.92. The Kier molecular flexibility index (Phi) is 7.16. The Balaban J connectivity index is 1.51. The third-order valence-electron chi connectivity index (χ3n) is 6.22. The van der Waals surface area contributed by atoms with E-state index in [9.17, 15) is 13.2 Å². The summed E-state index contributed by atoms with van der Waals surface area (Å²) in [6.45, 7) is 4.95. The fourth-order valence-corrected chi connectivity index (χ4v) is 5.93. The number of nitrogens with one attached hydrogen (secondary N) is 1. The number of likely N-dealkylation sites (N-methyl/N-ethyl adjacent to an activating group) is 1. The number of hydrogen-bond donors (Lipinski definition) is 1. The van der Waals surface area contributed by atoms with E-state index in [1.807, 2.05) is 12.1 Å². The van der Waals surface area contributed by atoms with Crippen LogP contribution in [0.15, 0.2) is 41.4 Å². The number of piperazine rings is 1. The maximum atomic E-state index is 13.1. The van der Waals surface area contributed by atoms with E-state index in [2.05, 4.69) is 27.1 Å². The molecule has 1 N–H and O–H groups in total. The number of hydrogen-bond acceptors (Lipinski definition) is 7. The number of nitrogens with zero attached hydrogens (tertiary/aromatic N) is 4. The second-order valence-corrected chi connectivity index (χ2v) is 10.3. The highest BCUT2D eigenvalue weighted by Crippen LogP contribution is 2.30. The summed E-state index contributed by atoms with van der Waals surface area (Å²) in [7, 11) is -0.191. The second-order valence-electron chi connectivity index (χ2n) is 8.44. The van der Waals surface area contributed by atoms with Gasteiger partial charge in [-0.15, -0.1) is 0 Å². The first kappa shape index (κ1) is 23.5. The summed E-state index contributed by atoms with van der Waals surface area (Å²) in [6, 6.07) is 8.35. The first-order valence-corrected chi connectivity index (χ1v) is 12.7. The third kappa shape index (κ3) is 5.13. The fraction of sp³-hybridized carbons (Fsp3) is 0.478. The molecule has 0 unspecified atom stereocenters. The van der Waals surface area contributed by atoms with E-state index in [0.717, 1.165) is 50.4 Å². The maximum Gasteiger partial charge on any atom is 0.251 e. The molecule has 178 valence electrons. The van der Waals surface area contributed by atoms with Gasteiger partial charge in [-0.25, -0.2) is 13.4 Å². The molecule has 2 saturated heterocycles. The predicted octanol–water partition coefficient (Wildman–Crippen LogP) is 1.56. The average molecular weight is 474 g/mol. The van der Waals surface area contributed by atoms with E-state index < -0.39 is 10.0 Å². The number of anilines is 1. The van der Waals surface area contributed by atoms with E-state index in [0.29, 0.717) is 19.6 Å². The van der Waals surface area contributed by atoms with Crippen LogP contribution in [0.4, 0.5) is 5.82 Å². The Labute approximate surface area is 195 Å². The Morgan fingerprint density at radius 1 is 1.09 bits per heavy atom. The van der Waals surface area contributed by atoms with Gasteiger partial charge in [0.05, 0.1) is 7.11 Å². The number of aromatic nitrogens is 1. The van der Waals surface area contributed by atoms with E-state index >= 15 is 0 Å². The molecule has 0 spiro atoms. The molecule has 10 heteroatoms. The zero-order valence-corrected chi connectivity index (χ0v) is 20.0. The number of rotatable bonds is 7. The van der Waals surface area contributed by atoms with Crippen molar-refractivity contribution in [3.8, 4) is 5.75 Å². The van der Waals surface area contributed by atoms with Crippen molar-refractivity contribution in [3.63, 3.8) is 0 Å². The van der Waals surface area contributed by atoms with Crippen LogP contribution in [-0.2, 0) is 16.6 Å². The van der Waals surface area contributed by atoms with Gasteiger partial charge in [0.15, 0.2) is 0 Å². The summed E-state index contributed by atoms with van der Waals surface area (Å²) in [5.41, 5.74) is 1.20. The van der Waals surface area contributed by atoms with Gasteiger partial charge in [-0.1, -0.05) is 6.07 Å². The van der Waals surface area contributed by atoms with Gasteiger partial charge >= 0.3 is 0 Å². The molecule has 3 heterocycles. The summed E-state index contributed by atoms with van der Waals surface area (Å²) in [4.78, 5) is 22.0. The van der Waals surface area contributed by atoms with Crippen molar-refractivity contribution in [1.29, 1.82) is 0 Å². The van der Waals surface area contributed by atoms with Gasteiger partial charge in [-0.05, 0) is 44.2 Å². The minimum absolute atomic E-state index is 0.0269. The van der Waals surface area contributed by atoms with Crippen molar-refractivity contribution in [1.82, 2.24) is 19.5 Å². The number of amides is 1. The van der Waals surface area contributed by atoms with Gasteiger partial charge in [0.2, 0.25) is 10.0 Å². The number of carbonyl (C=O) groups excluding carboxylic acids is 1. The molecule has 1 amide bonds. The maximum absolute atomic E-state index is 13.1. The van der Waals surface area contributed by atoms with Crippen LogP contribution in [0.25, 0.3) is 0 Å². The van der Waals surface area contributed by atoms with Crippen molar-refractivity contribution >= 4 is 21.7 Å². The first-order chi connectivity index (χ1) is 15.9. The summed E-state index contributed by atoms with van der Waals surface area (Å²) in [6.07, 6.45) is 3.43. The van der Waals surface area contributed by atoms with Crippen LogP contribution in [0.2, 0.25) is 0 Å². The van der Waals surface area contributed by atoms with Crippen molar-refractivity contribution in [2.75, 3.05) is 58.3 Å². The monoisotopic (exact) mass is 473 g/mol. The SMILES string of the molecule is COc1ccc(C(=O)NCc2cccnc2N2CCN(C)CC2)cc1S(=O)(=O)N1CCCC1. The van der Waals surface area contributed by atoms with Gasteiger partial charge < -0.3 is 19.9 Å². The molecule has 33 heavy (non-hydrogen) atoms. The average Bonchev–Trinajstić information content (AvgIpc) is 3.39. The normalized spacial score (nSPS) is 17.8. The molecule has 4 rings (SSSR count). The van der Waals surface area contributed by atoms with Crippen LogP contribution in [-0.4, -0.2) is 81.9 Å². The van der Waals surface area contributed by atoms with Crippen molar-refractivity contribution in [2.24, 2.45) is 0 Å². The molecule has 0 saturated carbocycles. The first-order valence-electron chi connectivity index (χ1n) is 11.2. The van der Waals surface area contributed by atoms with Crippen LogP contribution >= 0.6 is 0 Å².